The average molecular weight is 352 g/mol. The average Bonchev–Trinajstić information content (AvgIpc) is 3.01. The number of carbonyl (C=O) groups excluding carboxylic acids is 1. The van der Waals surface area contributed by atoms with Crippen molar-refractivity contribution in [2.75, 3.05) is 6.54 Å². The van der Waals surface area contributed by atoms with Gasteiger partial charge in [-0.25, -0.2) is 12.8 Å². The van der Waals surface area contributed by atoms with Crippen molar-refractivity contribution in [1.29, 1.82) is 0 Å². The van der Waals surface area contributed by atoms with Crippen LogP contribution in [0.25, 0.3) is 0 Å². The Kier molecular flexibility index (Phi) is 3.66. The van der Waals surface area contributed by atoms with Gasteiger partial charge in [-0.2, -0.15) is 0 Å². The number of amides is 1. The maximum atomic E-state index is 14.3. The van der Waals surface area contributed by atoms with E-state index in [0.29, 0.717) is 12.5 Å². The van der Waals surface area contributed by atoms with Gasteiger partial charge in [-0.15, -0.1) is 0 Å². The summed E-state index contributed by atoms with van der Waals surface area (Å²) in [5.74, 6) is -1.21. The van der Waals surface area contributed by atoms with E-state index in [2.05, 4.69) is 0 Å². The summed E-state index contributed by atoms with van der Waals surface area (Å²) in [6.07, 6.45) is 2.90. The van der Waals surface area contributed by atoms with Crippen LogP contribution < -0.4 is 0 Å². The SMILES string of the molecule is O=C(c1cc(Cl)cc(S(=O)(=O)Cl)c1F)N1CC2CCC1C2. The molecule has 1 amide bonds. The van der Waals surface area contributed by atoms with Crippen LogP contribution >= 0.6 is 22.3 Å². The lowest BCUT2D eigenvalue weighted by Gasteiger charge is -2.27. The summed E-state index contributed by atoms with van der Waals surface area (Å²) in [5.41, 5.74) is -0.339. The van der Waals surface area contributed by atoms with E-state index >= 15 is 0 Å². The molecule has 4 nitrogen and oxygen atoms in total. The van der Waals surface area contributed by atoms with Crippen molar-refractivity contribution < 1.29 is 17.6 Å². The Labute approximate surface area is 131 Å². The molecule has 1 aliphatic heterocycles. The minimum atomic E-state index is -4.30. The second kappa shape index (κ2) is 5.11. The number of benzene rings is 1. The largest absolute Gasteiger partial charge is 0.335 e. The fourth-order valence-corrected chi connectivity index (χ4v) is 4.44. The second-order valence-corrected chi connectivity index (χ2v) is 8.46. The summed E-state index contributed by atoms with van der Waals surface area (Å²) in [5, 5.41) is -0.0386. The standard InChI is InChI=1S/C13H12Cl2FNO3S/c14-8-4-10(12(16)11(5-8)21(15,19)20)13(18)17-6-7-1-2-9(17)3-7/h4-5,7,9H,1-3,6H2. The first-order valence-corrected chi connectivity index (χ1v) is 9.21. The first kappa shape index (κ1) is 15.1. The first-order valence-electron chi connectivity index (χ1n) is 6.52. The van der Waals surface area contributed by atoms with Gasteiger partial charge in [0.15, 0.2) is 5.82 Å². The molecule has 1 aromatic rings. The Bertz CT molecular complexity index is 722. The van der Waals surface area contributed by atoms with Crippen molar-refractivity contribution in [3.8, 4) is 0 Å². The van der Waals surface area contributed by atoms with Crippen LogP contribution in [0.1, 0.15) is 29.6 Å². The van der Waals surface area contributed by atoms with E-state index in [4.69, 9.17) is 22.3 Å². The van der Waals surface area contributed by atoms with Gasteiger partial charge in [-0.1, -0.05) is 11.6 Å². The molecule has 2 aliphatic rings. The summed E-state index contributed by atoms with van der Waals surface area (Å²) in [6.45, 7) is 0.582. The van der Waals surface area contributed by atoms with E-state index in [0.717, 1.165) is 31.4 Å². The van der Waals surface area contributed by atoms with E-state index in [1.165, 1.54) is 0 Å². The van der Waals surface area contributed by atoms with Crippen LogP contribution in [0.3, 0.4) is 0 Å². The molecule has 0 radical (unpaired) electrons. The third kappa shape index (κ3) is 2.64. The van der Waals surface area contributed by atoms with Crippen LogP contribution in [0.2, 0.25) is 5.02 Å². The number of fused-ring (bicyclic) bond motifs is 2. The molecule has 114 valence electrons. The van der Waals surface area contributed by atoms with Crippen molar-refractivity contribution in [2.24, 2.45) is 5.92 Å². The molecule has 1 saturated carbocycles. The number of rotatable bonds is 2. The Hall–Kier alpha value is -0.850. The fourth-order valence-electron chi connectivity index (χ4n) is 3.23. The predicted octanol–water partition coefficient (Wildman–Crippen LogP) is 3.03. The number of hydrogen-bond acceptors (Lipinski definition) is 3. The molecule has 2 fully saturated rings. The highest BCUT2D eigenvalue weighted by Crippen LogP contribution is 2.39. The molecule has 0 aromatic heterocycles. The highest BCUT2D eigenvalue weighted by atomic mass is 35.7. The van der Waals surface area contributed by atoms with E-state index in [9.17, 15) is 17.6 Å². The number of nitrogens with zero attached hydrogens (tertiary/aromatic N) is 1. The zero-order valence-electron chi connectivity index (χ0n) is 10.9. The molecule has 3 rings (SSSR count). The normalized spacial score (nSPS) is 24.6. The Balaban J connectivity index is 2.03. The number of likely N-dealkylation sites (tertiary alicyclic amines) is 1. The van der Waals surface area contributed by atoms with Crippen LogP contribution in [0.15, 0.2) is 17.0 Å². The molecule has 2 atom stereocenters. The number of halogens is 3. The van der Waals surface area contributed by atoms with Crippen LogP contribution in [0.4, 0.5) is 4.39 Å². The lowest BCUT2D eigenvalue weighted by molar-refractivity contribution is 0.0698. The molecule has 1 aromatic carbocycles. The summed E-state index contributed by atoms with van der Waals surface area (Å²) in [4.78, 5) is 13.3. The maximum absolute atomic E-state index is 14.3. The van der Waals surface area contributed by atoms with Crippen LogP contribution in [0.5, 0.6) is 0 Å². The van der Waals surface area contributed by atoms with Gasteiger partial charge in [0, 0.05) is 28.3 Å². The Morgan fingerprint density at radius 2 is 2.05 bits per heavy atom. The molecule has 1 saturated heterocycles. The van der Waals surface area contributed by atoms with Gasteiger partial charge in [0.2, 0.25) is 0 Å². The molecule has 1 heterocycles. The predicted molar refractivity (Wildman–Crippen MR) is 76.6 cm³/mol. The zero-order chi connectivity index (χ0) is 15.4. The number of hydrogen-bond donors (Lipinski definition) is 0. The third-order valence-corrected chi connectivity index (χ3v) is 5.71. The molecule has 2 unspecified atom stereocenters. The van der Waals surface area contributed by atoms with E-state index in [-0.39, 0.29) is 16.6 Å². The van der Waals surface area contributed by atoms with Gasteiger partial charge in [0.1, 0.15) is 4.90 Å². The Morgan fingerprint density at radius 3 is 2.57 bits per heavy atom. The smallest absolute Gasteiger partial charge is 0.264 e. The third-order valence-electron chi connectivity index (χ3n) is 4.17. The van der Waals surface area contributed by atoms with Gasteiger partial charge < -0.3 is 4.90 Å². The molecule has 0 spiro atoms. The number of piperidine rings is 1. The quantitative estimate of drug-likeness (QED) is 0.769. The Morgan fingerprint density at radius 1 is 1.33 bits per heavy atom. The monoisotopic (exact) mass is 351 g/mol. The summed E-state index contributed by atoms with van der Waals surface area (Å²) in [6, 6.07) is 2.17. The van der Waals surface area contributed by atoms with Gasteiger partial charge in [0.05, 0.1) is 5.56 Å². The van der Waals surface area contributed by atoms with Crippen molar-refractivity contribution >= 4 is 37.2 Å². The van der Waals surface area contributed by atoms with E-state index < -0.39 is 25.7 Å². The lowest BCUT2D eigenvalue weighted by Crippen LogP contribution is -2.38. The number of carbonyl (C=O) groups is 1. The van der Waals surface area contributed by atoms with Gasteiger partial charge in [0.25, 0.3) is 15.0 Å². The van der Waals surface area contributed by atoms with Gasteiger partial charge in [-0.05, 0) is 37.3 Å². The van der Waals surface area contributed by atoms with Crippen molar-refractivity contribution in [3.63, 3.8) is 0 Å². The van der Waals surface area contributed by atoms with Crippen LogP contribution in [-0.2, 0) is 9.05 Å². The topological polar surface area (TPSA) is 54.5 Å². The molecule has 0 N–H and O–H groups in total. The molecular formula is C13H12Cl2FNO3S. The molecular weight excluding hydrogens is 340 g/mol. The van der Waals surface area contributed by atoms with Gasteiger partial charge >= 0.3 is 0 Å². The van der Waals surface area contributed by atoms with Crippen molar-refractivity contribution in [3.05, 3.63) is 28.5 Å². The molecule has 1 aliphatic carbocycles. The van der Waals surface area contributed by atoms with Crippen LogP contribution in [0, 0.1) is 11.7 Å². The molecule has 8 heteroatoms. The maximum Gasteiger partial charge on any atom is 0.264 e. The molecule has 2 bridgehead atoms. The summed E-state index contributed by atoms with van der Waals surface area (Å²) in [7, 11) is 0.880. The minimum absolute atomic E-state index is 0.0386. The van der Waals surface area contributed by atoms with Crippen LogP contribution in [-0.4, -0.2) is 31.8 Å². The highest BCUT2D eigenvalue weighted by molar-refractivity contribution is 8.13. The second-order valence-electron chi connectivity index (χ2n) is 5.49. The summed E-state index contributed by atoms with van der Waals surface area (Å²) >= 11 is 5.80. The van der Waals surface area contributed by atoms with Gasteiger partial charge in [-0.3, -0.25) is 4.79 Å². The zero-order valence-corrected chi connectivity index (χ0v) is 13.2. The summed E-state index contributed by atoms with van der Waals surface area (Å²) < 4.78 is 37.1. The van der Waals surface area contributed by atoms with E-state index in [1.807, 2.05) is 0 Å². The van der Waals surface area contributed by atoms with Crippen molar-refractivity contribution in [2.45, 2.75) is 30.2 Å². The van der Waals surface area contributed by atoms with Crippen molar-refractivity contribution in [1.82, 2.24) is 4.90 Å². The molecule has 21 heavy (non-hydrogen) atoms. The fraction of sp³-hybridized carbons (Fsp3) is 0.462. The highest BCUT2D eigenvalue weighted by Gasteiger charge is 2.41. The van der Waals surface area contributed by atoms with E-state index in [1.54, 1.807) is 4.90 Å². The minimum Gasteiger partial charge on any atom is -0.335 e. The lowest BCUT2D eigenvalue weighted by atomic mass is 10.1. The first-order chi connectivity index (χ1) is 9.77.